The van der Waals surface area contributed by atoms with Crippen LogP contribution >= 0.6 is 0 Å². The number of methoxy groups -OCH3 is 1. The number of fused-ring (bicyclic) bond motifs is 2. The molecule has 1 aromatic heterocycles. The summed E-state index contributed by atoms with van der Waals surface area (Å²) in [6.07, 6.45) is 6.07. The van der Waals surface area contributed by atoms with Gasteiger partial charge in [0, 0.05) is 30.9 Å². The van der Waals surface area contributed by atoms with Crippen molar-refractivity contribution in [3.05, 3.63) is 36.5 Å². The summed E-state index contributed by atoms with van der Waals surface area (Å²) in [7, 11) is 1.67. The van der Waals surface area contributed by atoms with Crippen LogP contribution in [0.3, 0.4) is 0 Å². The zero-order valence-corrected chi connectivity index (χ0v) is 13.1. The maximum Gasteiger partial charge on any atom is 0.217 e. The van der Waals surface area contributed by atoms with Crippen molar-refractivity contribution in [2.45, 2.75) is 37.6 Å². The summed E-state index contributed by atoms with van der Waals surface area (Å²) in [6.45, 7) is 6.79. The molecule has 2 aliphatic rings. The van der Waals surface area contributed by atoms with Crippen molar-refractivity contribution < 1.29 is 14.2 Å². The fourth-order valence-electron chi connectivity index (χ4n) is 3.51. The molecule has 0 unspecified atom stereocenters. The number of ether oxygens (including phenoxy) is 3. The number of rotatable bonds is 6. The molecule has 5 heteroatoms. The van der Waals surface area contributed by atoms with Crippen LogP contribution in [0.25, 0.3) is 0 Å². The van der Waals surface area contributed by atoms with Crippen LogP contribution in [-0.2, 0) is 16.0 Å². The van der Waals surface area contributed by atoms with E-state index in [9.17, 15) is 0 Å². The molecule has 0 spiro atoms. The number of hydrogen-bond acceptors (Lipinski definition) is 5. The van der Waals surface area contributed by atoms with Crippen molar-refractivity contribution in [2.24, 2.45) is 0 Å². The number of nitrogens with zero attached hydrogens (tertiary/aromatic N) is 2. The van der Waals surface area contributed by atoms with Crippen LogP contribution < -0.4 is 4.74 Å². The lowest BCUT2D eigenvalue weighted by Gasteiger charge is -2.31. The topological polar surface area (TPSA) is 43.8 Å². The molecule has 3 atom stereocenters. The Morgan fingerprint density at radius 3 is 3.23 bits per heavy atom. The van der Waals surface area contributed by atoms with Gasteiger partial charge in [-0.05, 0) is 18.9 Å². The summed E-state index contributed by atoms with van der Waals surface area (Å²) in [5, 5.41) is 0. The molecule has 2 heterocycles. The SMILES string of the molecule is C=CCO[C@H]1[C@H]2CC[C@H]1OCCN2Cc1cccnc1OC. The van der Waals surface area contributed by atoms with Gasteiger partial charge in [0.15, 0.2) is 0 Å². The lowest BCUT2D eigenvalue weighted by atomic mass is 10.1. The first-order valence-electron chi connectivity index (χ1n) is 7.89. The van der Waals surface area contributed by atoms with Gasteiger partial charge in [0.05, 0.1) is 32.5 Å². The van der Waals surface area contributed by atoms with Crippen molar-refractivity contribution in [1.29, 1.82) is 0 Å². The highest BCUT2D eigenvalue weighted by molar-refractivity contribution is 5.25. The normalized spacial score (nSPS) is 28.3. The fraction of sp³-hybridized carbons (Fsp3) is 0.588. The maximum absolute atomic E-state index is 5.99. The molecule has 1 aliphatic heterocycles. The van der Waals surface area contributed by atoms with Crippen LogP contribution in [0, 0.1) is 0 Å². The van der Waals surface area contributed by atoms with E-state index in [2.05, 4.69) is 22.5 Å². The Morgan fingerprint density at radius 1 is 1.50 bits per heavy atom. The lowest BCUT2D eigenvalue weighted by molar-refractivity contribution is -0.0447. The molecule has 3 rings (SSSR count). The Hall–Kier alpha value is -1.43. The summed E-state index contributed by atoms with van der Waals surface area (Å²) in [5.74, 6) is 0.700. The van der Waals surface area contributed by atoms with Crippen molar-refractivity contribution in [3.8, 4) is 5.88 Å². The first kappa shape index (κ1) is 15.5. The highest BCUT2D eigenvalue weighted by Crippen LogP contribution is 2.33. The largest absolute Gasteiger partial charge is 0.481 e. The monoisotopic (exact) mass is 304 g/mol. The number of aromatic nitrogens is 1. The van der Waals surface area contributed by atoms with Gasteiger partial charge in [-0.3, -0.25) is 4.90 Å². The van der Waals surface area contributed by atoms with E-state index < -0.39 is 0 Å². The van der Waals surface area contributed by atoms with Crippen LogP contribution in [0.15, 0.2) is 31.0 Å². The quantitative estimate of drug-likeness (QED) is 0.752. The van der Waals surface area contributed by atoms with E-state index >= 15 is 0 Å². The number of hydrogen-bond donors (Lipinski definition) is 0. The molecule has 0 N–H and O–H groups in total. The first-order valence-corrected chi connectivity index (χ1v) is 7.89. The van der Waals surface area contributed by atoms with Crippen molar-refractivity contribution in [2.75, 3.05) is 26.9 Å². The fourth-order valence-corrected chi connectivity index (χ4v) is 3.51. The van der Waals surface area contributed by atoms with Crippen LogP contribution in [0.2, 0.25) is 0 Å². The van der Waals surface area contributed by atoms with E-state index in [-0.39, 0.29) is 12.2 Å². The third-order valence-electron chi connectivity index (χ3n) is 4.50. The van der Waals surface area contributed by atoms with Crippen LogP contribution in [0.1, 0.15) is 18.4 Å². The summed E-state index contributed by atoms with van der Waals surface area (Å²) in [6, 6.07) is 4.41. The van der Waals surface area contributed by atoms with Gasteiger partial charge in [-0.15, -0.1) is 6.58 Å². The van der Waals surface area contributed by atoms with E-state index in [1.54, 1.807) is 19.4 Å². The van der Waals surface area contributed by atoms with Crippen LogP contribution in [-0.4, -0.2) is 55.0 Å². The molecule has 0 aromatic carbocycles. The average Bonchev–Trinajstić information content (AvgIpc) is 2.86. The molecule has 120 valence electrons. The zero-order valence-electron chi connectivity index (χ0n) is 13.1. The van der Waals surface area contributed by atoms with Gasteiger partial charge in [0.2, 0.25) is 5.88 Å². The molecule has 1 saturated carbocycles. The van der Waals surface area contributed by atoms with E-state index in [4.69, 9.17) is 14.2 Å². The second-order valence-electron chi connectivity index (χ2n) is 5.78. The molecular weight excluding hydrogens is 280 g/mol. The van der Waals surface area contributed by atoms with E-state index in [0.717, 1.165) is 38.1 Å². The summed E-state index contributed by atoms with van der Waals surface area (Å²) in [4.78, 5) is 6.74. The Morgan fingerprint density at radius 2 is 2.41 bits per heavy atom. The van der Waals surface area contributed by atoms with Gasteiger partial charge < -0.3 is 14.2 Å². The third kappa shape index (κ3) is 3.16. The van der Waals surface area contributed by atoms with E-state index in [0.29, 0.717) is 18.5 Å². The first-order chi connectivity index (χ1) is 10.8. The minimum absolute atomic E-state index is 0.128. The molecule has 22 heavy (non-hydrogen) atoms. The minimum atomic E-state index is 0.128. The zero-order chi connectivity index (χ0) is 15.4. The predicted molar refractivity (Wildman–Crippen MR) is 83.9 cm³/mol. The molecule has 0 amide bonds. The summed E-state index contributed by atoms with van der Waals surface area (Å²) in [5.41, 5.74) is 1.11. The van der Waals surface area contributed by atoms with Gasteiger partial charge in [0.25, 0.3) is 0 Å². The van der Waals surface area contributed by atoms with Crippen molar-refractivity contribution >= 4 is 0 Å². The Balaban J connectivity index is 1.76. The second-order valence-corrected chi connectivity index (χ2v) is 5.78. The molecular formula is C17H24N2O3. The van der Waals surface area contributed by atoms with Gasteiger partial charge in [-0.25, -0.2) is 4.98 Å². The number of pyridine rings is 1. The van der Waals surface area contributed by atoms with Crippen LogP contribution in [0.4, 0.5) is 0 Å². The van der Waals surface area contributed by atoms with Gasteiger partial charge in [0.1, 0.15) is 0 Å². The predicted octanol–water partition coefficient (Wildman–Crippen LogP) is 2.02. The third-order valence-corrected chi connectivity index (χ3v) is 4.50. The van der Waals surface area contributed by atoms with Gasteiger partial charge in [-0.1, -0.05) is 12.1 Å². The summed E-state index contributed by atoms with van der Waals surface area (Å²) < 4.78 is 17.3. The lowest BCUT2D eigenvalue weighted by Crippen LogP contribution is -2.43. The average molecular weight is 304 g/mol. The van der Waals surface area contributed by atoms with E-state index in [1.165, 1.54) is 0 Å². The standard InChI is InChI=1S/C17H24N2O3/c1-3-10-22-16-14-6-7-15(16)21-11-9-19(14)12-13-5-4-8-18-17(13)20-2/h3-5,8,14-16H,1,6-7,9-12H2,2H3/t14-,15-,16+/m1/s1. The second kappa shape index (κ2) is 7.22. The highest BCUT2D eigenvalue weighted by atomic mass is 16.5. The molecule has 1 aliphatic carbocycles. The molecule has 1 saturated heterocycles. The smallest absolute Gasteiger partial charge is 0.217 e. The summed E-state index contributed by atoms with van der Waals surface area (Å²) >= 11 is 0. The Bertz CT molecular complexity index is 508. The van der Waals surface area contributed by atoms with Crippen molar-refractivity contribution in [1.82, 2.24) is 9.88 Å². The van der Waals surface area contributed by atoms with Gasteiger partial charge in [-0.2, -0.15) is 0 Å². The van der Waals surface area contributed by atoms with Crippen LogP contribution in [0.5, 0.6) is 5.88 Å². The molecule has 0 radical (unpaired) electrons. The molecule has 2 bridgehead atoms. The Labute approximate surface area is 131 Å². The minimum Gasteiger partial charge on any atom is -0.481 e. The Kier molecular flexibility index (Phi) is 5.08. The maximum atomic E-state index is 5.99. The molecule has 1 aromatic rings. The van der Waals surface area contributed by atoms with E-state index in [1.807, 2.05) is 6.07 Å². The molecule has 5 nitrogen and oxygen atoms in total. The van der Waals surface area contributed by atoms with Crippen molar-refractivity contribution in [3.63, 3.8) is 0 Å². The van der Waals surface area contributed by atoms with Gasteiger partial charge >= 0.3 is 0 Å². The molecule has 2 fully saturated rings. The highest BCUT2D eigenvalue weighted by Gasteiger charge is 2.42.